The summed E-state index contributed by atoms with van der Waals surface area (Å²) in [6.07, 6.45) is 3.30. The maximum atomic E-state index is 12.8. The van der Waals surface area contributed by atoms with Gasteiger partial charge in [0.25, 0.3) is 11.8 Å². The van der Waals surface area contributed by atoms with Crippen LogP contribution in [0.15, 0.2) is 24.3 Å². The first kappa shape index (κ1) is 18.0. The van der Waals surface area contributed by atoms with Crippen LogP contribution in [0.25, 0.3) is 0 Å². The number of nitrogens with one attached hydrogen (secondary N) is 1. The minimum atomic E-state index is -0.306. The average Bonchev–Trinajstić information content (AvgIpc) is 3.42. The van der Waals surface area contributed by atoms with Crippen molar-refractivity contribution in [2.45, 2.75) is 31.8 Å². The molecule has 1 saturated carbocycles. The molecule has 3 fully saturated rings. The number of nitrogens with zero attached hydrogens (tertiary/aromatic N) is 2. The van der Waals surface area contributed by atoms with Crippen molar-refractivity contribution in [2.24, 2.45) is 5.92 Å². The number of hydrogen-bond acceptors (Lipinski definition) is 4. The van der Waals surface area contributed by atoms with E-state index in [-0.39, 0.29) is 29.7 Å². The maximum absolute atomic E-state index is 12.8. The summed E-state index contributed by atoms with van der Waals surface area (Å²) in [5.41, 5.74) is 1.22. The van der Waals surface area contributed by atoms with Crippen LogP contribution < -0.4 is 5.32 Å². The van der Waals surface area contributed by atoms with Crippen LogP contribution in [-0.2, 0) is 14.3 Å². The van der Waals surface area contributed by atoms with Crippen LogP contribution in [0.2, 0.25) is 0 Å². The second kappa shape index (κ2) is 7.68. The molecule has 4 rings (SSSR count). The summed E-state index contributed by atoms with van der Waals surface area (Å²) >= 11 is 0. The molecule has 144 valence electrons. The highest BCUT2D eigenvalue weighted by Crippen LogP contribution is 2.30. The minimum absolute atomic E-state index is 0.0286. The molecule has 2 aliphatic heterocycles. The molecule has 2 saturated heterocycles. The molecule has 3 aliphatic rings. The number of anilines is 1. The van der Waals surface area contributed by atoms with Crippen LogP contribution >= 0.6 is 0 Å². The molecule has 1 aromatic carbocycles. The molecule has 27 heavy (non-hydrogen) atoms. The van der Waals surface area contributed by atoms with Crippen molar-refractivity contribution < 1.29 is 19.1 Å². The first-order valence-electron chi connectivity index (χ1n) is 9.72. The summed E-state index contributed by atoms with van der Waals surface area (Å²) in [5, 5.41) is 2.88. The summed E-state index contributed by atoms with van der Waals surface area (Å²) < 4.78 is 5.47. The van der Waals surface area contributed by atoms with Gasteiger partial charge in [0, 0.05) is 50.0 Å². The fourth-order valence-corrected chi connectivity index (χ4v) is 3.61. The van der Waals surface area contributed by atoms with E-state index in [1.54, 1.807) is 34.1 Å². The number of rotatable bonds is 4. The zero-order valence-corrected chi connectivity index (χ0v) is 15.4. The number of hydrogen-bond donors (Lipinski definition) is 1. The number of benzene rings is 1. The van der Waals surface area contributed by atoms with Crippen molar-refractivity contribution in [1.29, 1.82) is 0 Å². The van der Waals surface area contributed by atoms with E-state index in [2.05, 4.69) is 5.32 Å². The Labute approximate surface area is 158 Å². The van der Waals surface area contributed by atoms with Gasteiger partial charge in [0.2, 0.25) is 5.91 Å². The molecule has 1 unspecified atom stereocenters. The van der Waals surface area contributed by atoms with E-state index in [0.717, 1.165) is 25.7 Å². The van der Waals surface area contributed by atoms with E-state index in [9.17, 15) is 14.4 Å². The molecule has 0 bridgehead atoms. The second-order valence-electron chi connectivity index (χ2n) is 7.46. The van der Waals surface area contributed by atoms with Gasteiger partial charge in [0.1, 0.15) is 6.10 Å². The van der Waals surface area contributed by atoms with Crippen LogP contribution in [0.3, 0.4) is 0 Å². The lowest BCUT2D eigenvalue weighted by Crippen LogP contribution is -2.52. The third kappa shape index (κ3) is 4.13. The van der Waals surface area contributed by atoms with Crippen LogP contribution in [0.1, 0.15) is 36.0 Å². The third-order valence-corrected chi connectivity index (χ3v) is 5.41. The SMILES string of the molecule is O=C(Nc1cccc(C(=O)N2CCN(C(=O)C3CCCO3)CC2)c1)C1CC1. The lowest BCUT2D eigenvalue weighted by Gasteiger charge is -2.35. The van der Waals surface area contributed by atoms with E-state index < -0.39 is 0 Å². The Morgan fingerprint density at radius 3 is 2.41 bits per heavy atom. The van der Waals surface area contributed by atoms with Gasteiger partial charge in [-0.05, 0) is 43.9 Å². The molecule has 1 atom stereocenters. The lowest BCUT2D eigenvalue weighted by atomic mass is 10.1. The molecule has 0 aromatic heterocycles. The first-order chi connectivity index (χ1) is 13.1. The Morgan fingerprint density at radius 2 is 1.74 bits per heavy atom. The predicted molar refractivity (Wildman–Crippen MR) is 99.3 cm³/mol. The molecule has 1 aromatic rings. The molecule has 1 aliphatic carbocycles. The molecule has 3 amide bonds. The van der Waals surface area contributed by atoms with Crippen molar-refractivity contribution in [3.63, 3.8) is 0 Å². The molecule has 2 heterocycles. The summed E-state index contributed by atoms with van der Waals surface area (Å²) in [5.74, 6) is 0.130. The molecule has 0 spiro atoms. The van der Waals surface area contributed by atoms with Gasteiger partial charge in [-0.3, -0.25) is 14.4 Å². The third-order valence-electron chi connectivity index (χ3n) is 5.41. The summed E-state index contributed by atoms with van der Waals surface area (Å²) in [7, 11) is 0. The smallest absolute Gasteiger partial charge is 0.254 e. The highest BCUT2D eigenvalue weighted by molar-refractivity contribution is 5.98. The van der Waals surface area contributed by atoms with Gasteiger partial charge in [-0.2, -0.15) is 0 Å². The minimum Gasteiger partial charge on any atom is -0.368 e. The highest BCUT2D eigenvalue weighted by Gasteiger charge is 2.32. The number of carbonyl (C=O) groups excluding carboxylic acids is 3. The van der Waals surface area contributed by atoms with Gasteiger partial charge in [-0.1, -0.05) is 6.07 Å². The summed E-state index contributed by atoms with van der Waals surface area (Å²) in [4.78, 5) is 40.7. The number of amides is 3. The Hall–Kier alpha value is -2.41. The zero-order chi connectivity index (χ0) is 18.8. The van der Waals surface area contributed by atoms with Gasteiger partial charge in [-0.15, -0.1) is 0 Å². The van der Waals surface area contributed by atoms with Crippen molar-refractivity contribution >= 4 is 23.4 Å². The van der Waals surface area contributed by atoms with Crippen molar-refractivity contribution in [2.75, 3.05) is 38.1 Å². The van der Waals surface area contributed by atoms with Crippen molar-refractivity contribution in [1.82, 2.24) is 9.80 Å². The Morgan fingerprint density at radius 1 is 1.00 bits per heavy atom. The fourth-order valence-electron chi connectivity index (χ4n) is 3.61. The maximum Gasteiger partial charge on any atom is 0.254 e. The van der Waals surface area contributed by atoms with Gasteiger partial charge < -0.3 is 19.9 Å². The van der Waals surface area contributed by atoms with Crippen LogP contribution in [-0.4, -0.2) is 66.4 Å². The van der Waals surface area contributed by atoms with Gasteiger partial charge in [0.05, 0.1) is 0 Å². The first-order valence-corrected chi connectivity index (χ1v) is 9.72. The van der Waals surface area contributed by atoms with Crippen LogP contribution in [0.4, 0.5) is 5.69 Å². The number of piperazine rings is 1. The van der Waals surface area contributed by atoms with Gasteiger partial charge in [-0.25, -0.2) is 0 Å². The molecular formula is C20H25N3O4. The van der Waals surface area contributed by atoms with Gasteiger partial charge in [0.15, 0.2) is 0 Å². The highest BCUT2D eigenvalue weighted by atomic mass is 16.5. The monoisotopic (exact) mass is 371 g/mol. The molecule has 7 heteroatoms. The number of carbonyl (C=O) groups is 3. The predicted octanol–water partition coefficient (Wildman–Crippen LogP) is 1.50. The van der Waals surface area contributed by atoms with Crippen molar-refractivity contribution in [3.05, 3.63) is 29.8 Å². The van der Waals surface area contributed by atoms with E-state index >= 15 is 0 Å². The quantitative estimate of drug-likeness (QED) is 0.870. The van der Waals surface area contributed by atoms with E-state index in [0.29, 0.717) is 44.0 Å². The molecule has 1 N–H and O–H groups in total. The fraction of sp³-hybridized carbons (Fsp3) is 0.550. The molecule has 0 radical (unpaired) electrons. The Bertz CT molecular complexity index is 732. The standard InChI is InChI=1S/C20H25N3O4/c24-18(14-6-7-14)21-16-4-1-3-15(13-16)19(25)22-8-10-23(11-9-22)20(26)17-5-2-12-27-17/h1,3-4,13-14,17H,2,5-12H2,(H,21,24). The molecule has 7 nitrogen and oxygen atoms in total. The normalized spacial score (nSPS) is 22.6. The molecular weight excluding hydrogens is 346 g/mol. The average molecular weight is 371 g/mol. The van der Waals surface area contributed by atoms with E-state index in [1.807, 2.05) is 0 Å². The van der Waals surface area contributed by atoms with Crippen LogP contribution in [0, 0.1) is 5.92 Å². The Kier molecular flexibility index (Phi) is 5.11. The van der Waals surface area contributed by atoms with E-state index in [4.69, 9.17) is 4.74 Å². The van der Waals surface area contributed by atoms with Crippen molar-refractivity contribution in [3.8, 4) is 0 Å². The summed E-state index contributed by atoms with van der Waals surface area (Å²) in [6.45, 7) is 2.74. The van der Waals surface area contributed by atoms with E-state index in [1.165, 1.54) is 0 Å². The topological polar surface area (TPSA) is 79.0 Å². The Balaban J connectivity index is 1.33. The second-order valence-corrected chi connectivity index (χ2v) is 7.46. The largest absolute Gasteiger partial charge is 0.368 e. The summed E-state index contributed by atoms with van der Waals surface area (Å²) in [6, 6.07) is 7.08. The lowest BCUT2D eigenvalue weighted by molar-refractivity contribution is -0.142. The van der Waals surface area contributed by atoms with Crippen LogP contribution in [0.5, 0.6) is 0 Å². The van der Waals surface area contributed by atoms with Gasteiger partial charge >= 0.3 is 0 Å². The number of ether oxygens (including phenoxy) is 1. The zero-order valence-electron chi connectivity index (χ0n) is 15.4.